The van der Waals surface area contributed by atoms with Gasteiger partial charge in [0.1, 0.15) is 0 Å². The van der Waals surface area contributed by atoms with Gasteiger partial charge in [-0.05, 0) is 31.6 Å². The summed E-state index contributed by atoms with van der Waals surface area (Å²) in [5.74, 6) is 0.216. The van der Waals surface area contributed by atoms with Crippen molar-refractivity contribution in [2.45, 2.75) is 51.1 Å². The van der Waals surface area contributed by atoms with Gasteiger partial charge in [-0.25, -0.2) is 0 Å². The highest BCUT2D eigenvalue weighted by Crippen LogP contribution is 2.29. The number of nitrogens with zero attached hydrogens (tertiary/aromatic N) is 1. The van der Waals surface area contributed by atoms with Crippen LogP contribution in [0.5, 0.6) is 0 Å². The number of nitrogens with two attached hydrogens (primary N) is 2. The highest BCUT2D eigenvalue weighted by atomic mass is 16.5. The van der Waals surface area contributed by atoms with E-state index in [1.165, 1.54) is 0 Å². The molecule has 1 aliphatic rings. The summed E-state index contributed by atoms with van der Waals surface area (Å²) in [5, 5.41) is 0. The van der Waals surface area contributed by atoms with E-state index in [0.717, 1.165) is 25.9 Å². The molecule has 5 nitrogen and oxygen atoms in total. The standard InChI is InChI=1S/C14H29N3O2/c1-11(2)10-17(7-8-19-3)12-5-4-6-14(16,9-12)13(15)18/h11-12H,4-10,16H2,1-3H3,(H2,15,18). The number of hydrogen-bond acceptors (Lipinski definition) is 4. The lowest BCUT2D eigenvalue weighted by Crippen LogP contribution is -2.58. The first-order valence-electron chi connectivity index (χ1n) is 7.21. The summed E-state index contributed by atoms with van der Waals surface area (Å²) in [6.07, 6.45) is 3.42. The van der Waals surface area contributed by atoms with E-state index < -0.39 is 5.54 Å². The highest BCUT2D eigenvalue weighted by molar-refractivity contribution is 5.84. The van der Waals surface area contributed by atoms with E-state index in [-0.39, 0.29) is 5.91 Å². The first-order valence-corrected chi connectivity index (χ1v) is 7.21. The van der Waals surface area contributed by atoms with Gasteiger partial charge in [-0.2, -0.15) is 0 Å². The van der Waals surface area contributed by atoms with Crippen molar-refractivity contribution in [3.63, 3.8) is 0 Å². The van der Waals surface area contributed by atoms with Gasteiger partial charge in [-0.3, -0.25) is 9.69 Å². The summed E-state index contributed by atoms with van der Waals surface area (Å²) in [6, 6.07) is 0.337. The van der Waals surface area contributed by atoms with Gasteiger partial charge in [-0.15, -0.1) is 0 Å². The number of amides is 1. The van der Waals surface area contributed by atoms with E-state index in [9.17, 15) is 4.79 Å². The van der Waals surface area contributed by atoms with Crippen molar-refractivity contribution < 1.29 is 9.53 Å². The molecule has 2 atom stereocenters. The van der Waals surface area contributed by atoms with Crippen molar-refractivity contribution in [2.24, 2.45) is 17.4 Å². The number of ether oxygens (including phenoxy) is 1. The van der Waals surface area contributed by atoms with Crippen molar-refractivity contribution in [3.05, 3.63) is 0 Å². The van der Waals surface area contributed by atoms with Gasteiger partial charge in [0.2, 0.25) is 5.91 Å². The van der Waals surface area contributed by atoms with Crippen molar-refractivity contribution in [1.29, 1.82) is 0 Å². The van der Waals surface area contributed by atoms with Gasteiger partial charge in [0, 0.05) is 26.2 Å². The number of methoxy groups -OCH3 is 1. The smallest absolute Gasteiger partial charge is 0.237 e. The van der Waals surface area contributed by atoms with Crippen LogP contribution in [0, 0.1) is 5.92 Å². The van der Waals surface area contributed by atoms with Crippen LogP contribution < -0.4 is 11.5 Å². The molecule has 1 fully saturated rings. The SMILES string of the molecule is COCCN(CC(C)C)C1CCCC(N)(C(N)=O)C1. The van der Waals surface area contributed by atoms with Crippen LogP contribution in [0.25, 0.3) is 0 Å². The molecule has 0 aliphatic heterocycles. The largest absolute Gasteiger partial charge is 0.383 e. The molecule has 1 rings (SSSR count). The molecule has 0 saturated heterocycles. The second kappa shape index (κ2) is 7.22. The molecule has 1 amide bonds. The summed E-state index contributed by atoms with van der Waals surface area (Å²) in [4.78, 5) is 13.9. The molecule has 0 radical (unpaired) electrons. The van der Waals surface area contributed by atoms with E-state index in [0.29, 0.717) is 31.4 Å². The third kappa shape index (κ3) is 4.75. The van der Waals surface area contributed by atoms with E-state index in [4.69, 9.17) is 16.2 Å². The summed E-state index contributed by atoms with van der Waals surface area (Å²) in [6.45, 7) is 6.99. The van der Waals surface area contributed by atoms with Crippen LogP contribution in [0.4, 0.5) is 0 Å². The van der Waals surface area contributed by atoms with Crippen molar-refractivity contribution in [2.75, 3.05) is 26.8 Å². The molecular weight excluding hydrogens is 242 g/mol. The summed E-state index contributed by atoms with van der Waals surface area (Å²) in [7, 11) is 1.71. The first kappa shape index (κ1) is 16.4. The molecule has 5 heteroatoms. The molecule has 2 unspecified atom stereocenters. The molecule has 0 bridgehead atoms. The number of primary amides is 1. The second-order valence-corrected chi connectivity index (χ2v) is 6.15. The Kier molecular flexibility index (Phi) is 6.23. The zero-order valence-electron chi connectivity index (χ0n) is 12.5. The zero-order valence-corrected chi connectivity index (χ0v) is 12.5. The minimum Gasteiger partial charge on any atom is -0.383 e. The number of carbonyl (C=O) groups is 1. The fourth-order valence-electron chi connectivity index (χ4n) is 2.91. The van der Waals surface area contributed by atoms with Crippen LogP contribution in [0.3, 0.4) is 0 Å². The molecule has 4 N–H and O–H groups in total. The second-order valence-electron chi connectivity index (χ2n) is 6.15. The third-order valence-corrected chi connectivity index (χ3v) is 3.95. The first-order chi connectivity index (χ1) is 8.89. The average Bonchev–Trinajstić information content (AvgIpc) is 2.34. The Bertz CT molecular complexity index is 296. The lowest BCUT2D eigenvalue weighted by Gasteiger charge is -2.41. The maximum Gasteiger partial charge on any atom is 0.237 e. The molecular formula is C14H29N3O2. The fourth-order valence-corrected chi connectivity index (χ4v) is 2.91. The van der Waals surface area contributed by atoms with Crippen molar-refractivity contribution in [1.82, 2.24) is 4.90 Å². The molecule has 0 spiro atoms. The lowest BCUT2D eigenvalue weighted by molar-refractivity contribution is -0.125. The molecule has 1 saturated carbocycles. The van der Waals surface area contributed by atoms with Gasteiger partial charge >= 0.3 is 0 Å². The molecule has 0 aromatic rings. The van der Waals surface area contributed by atoms with E-state index >= 15 is 0 Å². The number of carbonyl (C=O) groups excluding carboxylic acids is 1. The van der Waals surface area contributed by atoms with Crippen LogP contribution in [-0.4, -0.2) is 49.2 Å². The van der Waals surface area contributed by atoms with Crippen molar-refractivity contribution in [3.8, 4) is 0 Å². The topological polar surface area (TPSA) is 81.6 Å². The number of rotatable bonds is 7. The Labute approximate surface area is 116 Å². The predicted octanol–water partition coefficient (Wildman–Crippen LogP) is 0.716. The van der Waals surface area contributed by atoms with E-state index in [1.807, 2.05) is 0 Å². The normalized spacial score (nSPS) is 28.0. The van der Waals surface area contributed by atoms with Crippen LogP contribution in [0.2, 0.25) is 0 Å². The van der Waals surface area contributed by atoms with E-state index in [1.54, 1.807) is 7.11 Å². The fraction of sp³-hybridized carbons (Fsp3) is 0.929. The lowest BCUT2D eigenvalue weighted by atomic mass is 9.78. The van der Waals surface area contributed by atoms with Crippen LogP contribution >= 0.6 is 0 Å². The summed E-state index contributed by atoms with van der Waals surface area (Å²) < 4.78 is 5.18. The minimum absolute atomic E-state index is 0.337. The average molecular weight is 271 g/mol. The molecule has 112 valence electrons. The molecule has 0 aromatic heterocycles. The van der Waals surface area contributed by atoms with Crippen LogP contribution in [0.1, 0.15) is 39.5 Å². The maximum absolute atomic E-state index is 11.5. The Hall–Kier alpha value is -0.650. The molecule has 19 heavy (non-hydrogen) atoms. The predicted molar refractivity (Wildman–Crippen MR) is 76.7 cm³/mol. The number of hydrogen-bond donors (Lipinski definition) is 2. The third-order valence-electron chi connectivity index (χ3n) is 3.95. The Morgan fingerprint density at radius 1 is 1.53 bits per heavy atom. The van der Waals surface area contributed by atoms with Gasteiger partial charge < -0.3 is 16.2 Å². The van der Waals surface area contributed by atoms with Crippen LogP contribution in [-0.2, 0) is 9.53 Å². The molecule has 0 heterocycles. The monoisotopic (exact) mass is 271 g/mol. The Morgan fingerprint density at radius 3 is 2.74 bits per heavy atom. The maximum atomic E-state index is 11.5. The Balaban J connectivity index is 2.69. The van der Waals surface area contributed by atoms with Gasteiger partial charge in [0.05, 0.1) is 12.1 Å². The molecule has 0 aromatic carbocycles. The van der Waals surface area contributed by atoms with Crippen LogP contribution in [0.15, 0.2) is 0 Å². The van der Waals surface area contributed by atoms with Gasteiger partial charge in [-0.1, -0.05) is 13.8 Å². The molecule has 1 aliphatic carbocycles. The summed E-state index contributed by atoms with van der Waals surface area (Å²) in [5.41, 5.74) is 10.8. The minimum atomic E-state index is -0.828. The van der Waals surface area contributed by atoms with E-state index in [2.05, 4.69) is 18.7 Å². The van der Waals surface area contributed by atoms with Crippen molar-refractivity contribution >= 4 is 5.91 Å². The zero-order chi connectivity index (χ0) is 14.5. The van der Waals surface area contributed by atoms with Gasteiger partial charge in [0.25, 0.3) is 0 Å². The summed E-state index contributed by atoms with van der Waals surface area (Å²) >= 11 is 0. The Morgan fingerprint density at radius 2 is 2.21 bits per heavy atom. The quantitative estimate of drug-likeness (QED) is 0.715. The highest BCUT2D eigenvalue weighted by Gasteiger charge is 2.39. The van der Waals surface area contributed by atoms with Gasteiger partial charge in [0.15, 0.2) is 0 Å².